The summed E-state index contributed by atoms with van der Waals surface area (Å²) in [5.74, 6) is 0.964. The molecule has 30 heavy (non-hydrogen) atoms. The fraction of sp³-hybridized carbons (Fsp3) is 0.455. The van der Waals surface area contributed by atoms with E-state index in [1.54, 1.807) is 26.4 Å². The molecule has 2 aliphatic rings. The molecule has 0 aliphatic carbocycles. The van der Waals surface area contributed by atoms with Gasteiger partial charge in [0.05, 0.1) is 19.8 Å². The number of fused-ring (bicyclic) bond motifs is 2. The summed E-state index contributed by atoms with van der Waals surface area (Å²) >= 11 is 0. The standard InChI is InChI=1S/C22H27N3O3.2ClH/c1-27-20-5-3-4-19(21(20)28-2)22(26)24-16-12-17-6-7-18(13-16)25(17)14-15-8-10-23-11-9-15;;/h3-5,8-11,16-18H,6-7,12-14H2,1-2H3,(H,24,26);2*1H/t16?,17-,18+;;. The summed E-state index contributed by atoms with van der Waals surface area (Å²) in [7, 11) is 3.14. The maximum atomic E-state index is 12.9. The van der Waals surface area contributed by atoms with Gasteiger partial charge in [-0.2, -0.15) is 0 Å². The Labute approximate surface area is 190 Å². The molecular weight excluding hydrogens is 425 g/mol. The van der Waals surface area contributed by atoms with Crippen LogP contribution in [0.5, 0.6) is 11.5 Å². The van der Waals surface area contributed by atoms with Crippen molar-refractivity contribution < 1.29 is 14.3 Å². The van der Waals surface area contributed by atoms with E-state index in [-0.39, 0.29) is 36.8 Å². The van der Waals surface area contributed by atoms with Crippen molar-refractivity contribution in [3.05, 3.63) is 53.9 Å². The second-order valence-corrected chi connectivity index (χ2v) is 7.60. The first-order valence-electron chi connectivity index (χ1n) is 9.86. The first-order valence-corrected chi connectivity index (χ1v) is 9.86. The van der Waals surface area contributed by atoms with E-state index >= 15 is 0 Å². The molecule has 1 amide bonds. The van der Waals surface area contributed by atoms with Crippen LogP contribution in [0.2, 0.25) is 0 Å². The van der Waals surface area contributed by atoms with Crippen molar-refractivity contribution in [1.82, 2.24) is 15.2 Å². The lowest BCUT2D eigenvalue weighted by atomic mass is 9.96. The van der Waals surface area contributed by atoms with Gasteiger partial charge >= 0.3 is 0 Å². The van der Waals surface area contributed by atoms with Crippen LogP contribution < -0.4 is 14.8 Å². The quantitative estimate of drug-likeness (QED) is 0.718. The minimum atomic E-state index is -0.0947. The molecule has 164 valence electrons. The molecule has 8 heteroatoms. The van der Waals surface area contributed by atoms with Crippen molar-refractivity contribution in [2.75, 3.05) is 14.2 Å². The van der Waals surface area contributed by atoms with E-state index in [0.29, 0.717) is 29.1 Å². The fourth-order valence-electron chi connectivity index (χ4n) is 4.68. The highest BCUT2D eigenvalue weighted by atomic mass is 35.5. The van der Waals surface area contributed by atoms with Gasteiger partial charge in [-0.05, 0) is 55.5 Å². The van der Waals surface area contributed by atoms with Crippen LogP contribution in [0.15, 0.2) is 42.7 Å². The lowest BCUT2D eigenvalue weighted by molar-refractivity contribution is 0.0825. The highest BCUT2D eigenvalue weighted by Gasteiger charge is 2.41. The van der Waals surface area contributed by atoms with Crippen molar-refractivity contribution in [3.8, 4) is 11.5 Å². The first-order chi connectivity index (χ1) is 13.7. The lowest BCUT2D eigenvalue weighted by Gasteiger charge is -2.39. The molecule has 0 spiro atoms. The number of amides is 1. The molecule has 0 radical (unpaired) electrons. The number of ether oxygens (including phenoxy) is 2. The molecule has 0 saturated carbocycles. The average Bonchev–Trinajstić information content (AvgIpc) is 2.96. The predicted molar refractivity (Wildman–Crippen MR) is 121 cm³/mol. The molecule has 1 aromatic carbocycles. The van der Waals surface area contributed by atoms with E-state index in [2.05, 4.69) is 27.3 Å². The van der Waals surface area contributed by atoms with Crippen molar-refractivity contribution >= 4 is 30.7 Å². The maximum Gasteiger partial charge on any atom is 0.255 e. The van der Waals surface area contributed by atoms with Gasteiger partial charge in [0.2, 0.25) is 0 Å². The predicted octanol–water partition coefficient (Wildman–Crippen LogP) is 3.87. The molecule has 1 aromatic heterocycles. The third kappa shape index (κ3) is 4.99. The van der Waals surface area contributed by atoms with Crippen molar-refractivity contribution in [1.29, 1.82) is 0 Å². The number of nitrogens with one attached hydrogen (secondary N) is 1. The average molecular weight is 454 g/mol. The van der Waals surface area contributed by atoms with Gasteiger partial charge in [0.1, 0.15) is 0 Å². The number of nitrogens with zero attached hydrogens (tertiary/aromatic N) is 2. The largest absolute Gasteiger partial charge is 0.493 e. The third-order valence-corrected chi connectivity index (χ3v) is 5.98. The summed E-state index contributed by atoms with van der Waals surface area (Å²) in [6.45, 7) is 0.961. The highest BCUT2D eigenvalue weighted by Crippen LogP contribution is 2.37. The zero-order valence-corrected chi connectivity index (χ0v) is 18.9. The number of aromatic nitrogens is 1. The SMILES string of the molecule is COc1cccc(C(=O)NC2C[C@H]3CC[C@@H](C2)N3Cc2ccncc2)c1OC.Cl.Cl. The summed E-state index contributed by atoms with van der Waals surface area (Å²) in [6.07, 6.45) is 8.08. The number of para-hydroxylation sites is 1. The number of benzene rings is 1. The number of piperidine rings is 1. The zero-order chi connectivity index (χ0) is 19.5. The van der Waals surface area contributed by atoms with E-state index in [1.807, 2.05) is 18.5 Å². The van der Waals surface area contributed by atoms with E-state index in [1.165, 1.54) is 18.4 Å². The van der Waals surface area contributed by atoms with Gasteiger partial charge in [-0.1, -0.05) is 6.07 Å². The van der Waals surface area contributed by atoms with Gasteiger partial charge in [0.15, 0.2) is 11.5 Å². The monoisotopic (exact) mass is 453 g/mol. The maximum absolute atomic E-state index is 12.9. The Kier molecular flexibility index (Phi) is 8.77. The van der Waals surface area contributed by atoms with Gasteiger partial charge in [0.25, 0.3) is 5.91 Å². The van der Waals surface area contributed by atoms with Crippen molar-refractivity contribution in [2.24, 2.45) is 0 Å². The van der Waals surface area contributed by atoms with Gasteiger partial charge in [-0.15, -0.1) is 24.8 Å². The molecule has 4 rings (SSSR count). The van der Waals surface area contributed by atoms with Crippen LogP contribution in [0.3, 0.4) is 0 Å². The Morgan fingerprint density at radius 2 is 1.73 bits per heavy atom. The number of rotatable bonds is 6. The number of methoxy groups -OCH3 is 2. The molecule has 1 unspecified atom stereocenters. The number of carbonyl (C=O) groups is 1. The molecule has 2 aliphatic heterocycles. The minimum Gasteiger partial charge on any atom is -0.493 e. The van der Waals surface area contributed by atoms with E-state index in [9.17, 15) is 4.79 Å². The minimum absolute atomic E-state index is 0. The van der Waals surface area contributed by atoms with E-state index < -0.39 is 0 Å². The highest BCUT2D eigenvalue weighted by molar-refractivity contribution is 5.98. The second-order valence-electron chi connectivity index (χ2n) is 7.60. The van der Waals surface area contributed by atoms with Crippen LogP contribution >= 0.6 is 24.8 Å². The molecule has 2 saturated heterocycles. The summed E-state index contributed by atoms with van der Waals surface area (Å²) in [6, 6.07) is 10.8. The molecule has 6 nitrogen and oxygen atoms in total. The van der Waals surface area contributed by atoms with Crippen LogP contribution in [0.4, 0.5) is 0 Å². The second kappa shape index (κ2) is 10.8. The number of pyridine rings is 1. The molecule has 3 atom stereocenters. The van der Waals surface area contributed by atoms with Crippen LogP contribution in [0, 0.1) is 0 Å². The van der Waals surface area contributed by atoms with Crippen LogP contribution in [0.25, 0.3) is 0 Å². The molecule has 1 N–H and O–H groups in total. The third-order valence-electron chi connectivity index (χ3n) is 5.98. The van der Waals surface area contributed by atoms with Crippen molar-refractivity contribution in [3.63, 3.8) is 0 Å². The topological polar surface area (TPSA) is 63.7 Å². The Bertz CT molecular complexity index is 824. The molecule has 2 aromatic rings. The van der Waals surface area contributed by atoms with Gasteiger partial charge in [0, 0.05) is 37.1 Å². The molecule has 2 bridgehead atoms. The van der Waals surface area contributed by atoms with Crippen molar-refractivity contribution in [2.45, 2.75) is 50.4 Å². The van der Waals surface area contributed by atoms with Gasteiger partial charge < -0.3 is 14.8 Å². The number of hydrogen-bond acceptors (Lipinski definition) is 5. The normalized spacial score (nSPS) is 22.4. The number of hydrogen-bond donors (Lipinski definition) is 1. The Morgan fingerprint density at radius 3 is 2.33 bits per heavy atom. The van der Waals surface area contributed by atoms with Crippen LogP contribution in [0.1, 0.15) is 41.6 Å². The van der Waals surface area contributed by atoms with E-state index in [0.717, 1.165) is 19.4 Å². The van der Waals surface area contributed by atoms with Crippen LogP contribution in [-0.4, -0.2) is 48.1 Å². The lowest BCUT2D eigenvalue weighted by Crippen LogP contribution is -2.50. The number of carbonyl (C=O) groups excluding carboxylic acids is 1. The molecular formula is C22H29Cl2N3O3. The fourth-order valence-corrected chi connectivity index (χ4v) is 4.68. The van der Waals surface area contributed by atoms with Gasteiger partial charge in [-0.3, -0.25) is 14.7 Å². The number of halogens is 2. The van der Waals surface area contributed by atoms with Gasteiger partial charge in [-0.25, -0.2) is 0 Å². The Hall–Kier alpha value is -2.02. The smallest absolute Gasteiger partial charge is 0.255 e. The summed E-state index contributed by atoms with van der Waals surface area (Å²) in [5, 5.41) is 3.24. The Balaban J connectivity index is 0.00000160. The summed E-state index contributed by atoms with van der Waals surface area (Å²) < 4.78 is 10.7. The zero-order valence-electron chi connectivity index (χ0n) is 17.2. The summed E-state index contributed by atoms with van der Waals surface area (Å²) in [5.41, 5.74) is 1.82. The van der Waals surface area contributed by atoms with E-state index in [4.69, 9.17) is 9.47 Å². The Morgan fingerprint density at radius 1 is 1.07 bits per heavy atom. The molecule has 3 heterocycles. The summed E-state index contributed by atoms with van der Waals surface area (Å²) in [4.78, 5) is 19.6. The van der Waals surface area contributed by atoms with Crippen LogP contribution in [-0.2, 0) is 6.54 Å². The molecule has 2 fully saturated rings. The first kappa shape index (κ1) is 24.3.